The minimum absolute atomic E-state index is 0.0786. The van der Waals surface area contributed by atoms with Gasteiger partial charge in [0.15, 0.2) is 5.78 Å². The van der Waals surface area contributed by atoms with Crippen molar-refractivity contribution >= 4 is 22.8 Å². The van der Waals surface area contributed by atoms with Gasteiger partial charge in [-0.05, 0) is 17.5 Å². The minimum atomic E-state index is -0.427. The van der Waals surface area contributed by atoms with Gasteiger partial charge in [0.05, 0.1) is 10.6 Å². The van der Waals surface area contributed by atoms with Crippen molar-refractivity contribution in [3.05, 3.63) is 88.1 Å². The average molecular weight is 347 g/mol. The Balaban J connectivity index is 1.65. The lowest BCUT2D eigenvalue weighted by molar-refractivity contribution is 0.0963. The zero-order valence-corrected chi connectivity index (χ0v) is 14.3. The molecule has 1 aliphatic heterocycles. The Bertz CT molecular complexity index is 903. The number of hydrogen-bond donors (Lipinski definition) is 1. The summed E-state index contributed by atoms with van der Waals surface area (Å²) >= 11 is 1.52. The van der Waals surface area contributed by atoms with E-state index in [1.165, 1.54) is 11.3 Å². The van der Waals surface area contributed by atoms with Crippen LogP contribution in [0.5, 0.6) is 5.75 Å². The fourth-order valence-corrected chi connectivity index (χ4v) is 3.97. The third-order valence-electron chi connectivity index (χ3n) is 4.51. The highest BCUT2D eigenvalue weighted by Crippen LogP contribution is 2.42. The largest absolute Gasteiger partial charge is 0.483 e. The SMILES string of the molecule is N=C(c1cccs1)C1Oc2ccccc2C1CC(=O)c1ccccc1. The first-order valence-electron chi connectivity index (χ1n) is 8.20. The van der Waals surface area contributed by atoms with E-state index in [4.69, 9.17) is 10.1 Å². The molecule has 4 rings (SSSR count). The molecule has 0 bridgehead atoms. The Morgan fingerprint density at radius 2 is 1.76 bits per heavy atom. The minimum Gasteiger partial charge on any atom is -0.483 e. The molecular weight excluding hydrogens is 330 g/mol. The summed E-state index contributed by atoms with van der Waals surface area (Å²) in [6.45, 7) is 0. The molecule has 2 heterocycles. The number of fused-ring (bicyclic) bond motifs is 1. The molecule has 2 aromatic carbocycles. The number of hydrogen-bond acceptors (Lipinski definition) is 4. The van der Waals surface area contributed by atoms with E-state index >= 15 is 0 Å². The molecule has 1 N–H and O–H groups in total. The number of Topliss-reactive ketones (excluding diaryl/α,β-unsaturated/α-hetero) is 1. The Kier molecular flexibility index (Phi) is 4.20. The molecule has 0 aliphatic carbocycles. The quantitative estimate of drug-likeness (QED) is 0.525. The fraction of sp³-hybridized carbons (Fsp3) is 0.143. The Labute approximate surface area is 150 Å². The topological polar surface area (TPSA) is 50.1 Å². The second kappa shape index (κ2) is 6.65. The summed E-state index contributed by atoms with van der Waals surface area (Å²) in [4.78, 5) is 13.6. The van der Waals surface area contributed by atoms with E-state index in [9.17, 15) is 4.79 Å². The molecule has 3 aromatic rings. The first-order valence-corrected chi connectivity index (χ1v) is 9.08. The zero-order valence-electron chi connectivity index (χ0n) is 13.5. The molecule has 0 saturated heterocycles. The number of rotatable bonds is 5. The van der Waals surface area contributed by atoms with Crippen LogP contribution in [0.2, 0.25) is 0 Å². The van der Waals surface area contributed by atoms with E-state index in [1.54, 1.807) is 0 Å². The van der Waals surface area contributed by atoms with E-state index < -0.39 is 6.10 Å². The smallest absolute Gasteiger partial charge is 0.163 e. The molecule has 25 heavy (non-hydrogen) atoms. The molecule has 1 aliphatic rings. The number of thiophene rings is 1. The highest BCUT2D eigenvalue weighted by atomic mass is 32.1. The molecule has 124 valence electrons. The van der Waals surface area contributed by atoms with Crippen LogP contribution in [0.25, 0.3) is 0 Å². The first kappa shape index (κ1) is 15.8. The van der Waals surface area contributed by atoms with E-state index in [-0.39, 0.29) is 11.7 Å². The van der Waals surface area contributed by atoms with E-state index in [2.05, 4.69) is 0 Å². The van der Waals surface area contributed by atoms with Crippen LogP contribution in [0.1, 0.15) is 33.1 Å². The summed E-state index contributed by atoms with van der Waals surface area (Å²) in [6.07, 6.45) is -0.0943. The van der Waals surface area contributed by atoms with Gasteiger partial charge in [-0.1, -0.05) is 54.6 Å². The standard InChI is InChI=1S/C21H17NO2S/c22-20(19-11-6-12-25-19)21-16(15-9-4-5-10-18(15)24-21)13-17(23)14-7-2-1-3-8-14/h1-12,16,21-22H,13H2. The summed E-state index contributed by atoms with van der Waals surface area (Å²) in [7, 11) is 0. The molecule has 4 heteroatoms. The number of para-hydroxylation sites is 1. The maximum Gasteiger partial charge on any atom is 0.163 e. The first-order chi connectivity index (χ1) is 12.2. The highest BCUT2D eigenvalue weighted by Gasteiger charge is 2.39. The molecule has 0 radical (unpaired) electrons. The monoisotopic (exact) mass is 347 g/mol. The van der Waals surface area contributed by atoms with Crippen molar-refractivity contribution in [1.29, 1.82) is 5.41 Å². The van der Waals surface area contributed by atoms with Crippen molar-refractivity contribution in [1.82, 2.24) is 0 Å². The lowest BCUT2D eigenvalue weighted by Crippen LogP contribution is -2.30. The summed E-state index contributed by atoms with van der Waals surface area (Å²) < 4.78 is 6.07. The maximum atomic E-state index is 12.7. The van der Waals surface area contributed by atoms with Gasteiger partial charge in [0.1, 0.15) is 11.9 Å². The number of nitrogens with one attached hydrogen (secondary N) is 1. The van der Waals surface area contributed by atoms with Crippen LogP contribution in [0, 0.1) is 5.41 Å². The van der Waals surface area contributed by atoms with Gasteiger partial charge in [0, 0.05) is 23.5 Å². The predicted octanol–water partition coefficient (Wildman–Crippen LogP) is 4.93. The van der Waals surface area contributed by atoms with Crippen LogP contribution in [0.4, 0.5) is 0 Å². The van der Waals surface area contributed by atoms with Crippen LogP contribution < -0.4 is 4.74 Å². The van der Waals surface area contributed by atoms with Gasteiger partial charge in [-0.15, -0.1) is 11.3 Å². The second-order valence-corrected chi connectivity index (χ2v) is 7.01. The molecular formula is C21H17NO2S. The van der Waals surface area contributed by atoms with Crippen molar-refractivity contribution in [2.45, 2.75) is 18.4 Å². The van der Waals surface area contributed by atoms with Crippen molar-refractivity contribution in [2.24, 2.45) is 0 Å². The molecule has 2 unspecified atom stereocenters. The Morgan fingerprint density at radius 3 is 2.52 bits per heavy atom. The highest BCUT2D eigenvalue weighted by molar-refractivity contribution is 7.12. The van der Waals surface area contributed by atoms with Crippen LogP contribution in [0.3, 0.4) is 0 Å². The number of ether oxygens (including phenoxy) is 1. The van der Waals surface area contributed by atoms with Gasteiger partial charge in [-0.2, -0.15) is 0 Å². The lowest BCUT2D eigenvalue weighted by Gasteiger charge is -2.19. The molecule has 2 atom stereocenters. The molecule has 0 fully saturated rings. The van der Waals surface area contributed by atoms with E-state index in [0.29, 0.717) is 17.7 Å². The molecule has 1 aromatic heterocycles. The normalized spacial score (nSPS) is 18.4. The van der Waals surface area contributed by atoms with Crippen molar-refractivity contribution < 1.29 is 9.53 Å². The average Bonchev–Trinajstić information content (AvgIpc) is 3.30. The van der Waals surface area contributed by atoms with Gasteiger partial charge >= 0.3 is 0 Å². The number of carbonyl (C=O) groups is 1. The molecule has 3 nitrogen and oxygen atoms in total. The lowest BCUT2D eigenvalue weighted by atomic mass is 9.86. The van der Waals surface area contributed by atoms with Gasteiger partial charge in [0.25, 0.3) is 0 Å². The summed E-state index contributed by atoms with van der Waals surface area (Å²) in [6, 6.07) is 21.0. The number of ketones is 1. The van der Waals surface area contributed by atoms with Crippen molar-refractivity contribution in [2.75, 3.05) is 0 Å². The number of carbonyl (C=O) groups excluding carboxylic acids is 1. The third-order valence-corrected chi connectivity index (χ3v) is 5.41. The van der Waals surface area contributed by atoms with Gasteiger partial charge in [-0.25, -0.2) is 0 Å². The number of benzene rings is 2. The molecule has 0 spiro atoms. The predicted molar refractivity (Wildman–Crippen MR) is 100 cm³/mol. The molecule has 0 saturated carbocycles. The van der Waals surface area contributed by atoms with Crippen LogP contribution in [-0.4, -0.2) is 17.6 Å². The third kappa shape index (κ3) is 3.01. The van der Waals surface area contributed by atoms with Gasteiger partial charge in [-0.3, -0.25) is 10.2 Å². The van der Waals surface area contributed by atoms with Gasteiger partial charge in [0.2, 0.25) is 0 Å². The second-order valence-electron chi connectivity index (χ2n) is 6.07. The summed E-state index contributed by atoms with van der Waals surface area (Å²) in [5.41, 5.74) is 2.16. The summed E-state index contributed by atoms with van der Waals surface area (Å²) in [5, 5.41) is 10.5. The van der Waals surface area contributed by atoms with Crippen LogP contribution in [0.15, 0.2) is 72.1 Å². The van der Waals surface area contributed by atoms with E-state index in [0.717, 1.165) is 16.2 Å². The zero-order chi connectivity index (χ0) is 17.2. The van der Waals surface area contributed by atoms with E-state index in [1.807, 2.05) is 72.1 Å². The van der Waals surface area contributed by atoms with Crippen molar-refractivity contribution in [3.8, 4) is 5.75 Å². The van der Waals surface area contributed by atoms with Crippen LogP contribution in [-0.2, 0) is 0 Å². The van der Waals surface area contributed by atoms with Crippen LogP contribution >= 0.6 is 11.3 Å². The van der Waals surface area contributed by atoms with Crippen molar-refractivity contribution in [3.63, 3.8) is 0 Å². The fourth-order valence-electron chi connectivity index (χ4n) is 3.27. The van der Waals surface area contributed by atoms with Gasteiger partial charge < -0.3 is 4.74 Å². The Morgan fingerprint density at radius 1 is 1.00 bits per heavy atom. The maximum absolute atomic E-state index is 12.7. The Hall–Kier alpha value is -2.72. The summed E-state index contributed by atoms with van der Waals surface area (Å²) in [5.74, 6) is 0.716. The molecule has 0 amide bonds.